The number of hydrogen-bond donors (Lipinski definition) is 0. The average molecular weight is 362 g/mol. The van der Waals surface area contributed by atoms with E-state index < -0.39 is 3.66 Å². The molecule has 0 fully saturated rings. The molecular weight excluding hydrogens is 352 g/mol. The zero-order valence-electron chi connectivity index (χ0n) is 7.75. The molecule has 0 aliphatic carbocycles. The molecule has 0 aromatic carbocycles. The fourth-order valence-corrected chi connectivity index (χ4v) is 4.96. The van der Waals surface area contributed by atoms with Crippen LogP contribution in [0.1, 0.15) is 6.92 Å². The van der Waals surface area contributed by atoms with Crippen LogP contribution >= 0.6 is 55.4 Å². The van der Waals surface area contributed by atoms with Crippen molar-refractivity contribution in [2.75, 3.05) is 12.9 Å². The first-order chi connectivity index (χ1) is 6.56. The highest BCUT2D eigenvalue weighted by Crippen LogP contribution is 2.52. The highest BCUT2D eigenvalue weighted by atomic mass is 79.9. The summed E-state index contributed by atoms with van der Waals surface area (Å²) in [4.78, 5) is 12.8. The van der Waals surface area contributed by atoms with Crippen molar-refractivity contribution in [1.82, 2.24) is 0 Å². The summed E-state index contributed by atoms with van der Waals surface area (Å²) in [6.45, 7) is 2.21. The van der Waals surface area contributed by atoms with E-state index in [1.165, 1.54) is 11.8 Å². The molecule has 0 saturated carbocycles. The van der Waals surface area contributed by atoms with Crippen molar-refractivity contribution in [1.29, 1.82) is 0 Å². The number of ether oxygens (including phenoxy) is 1. The standard InChI is InChI=1S/C8H10Br2O2S2/c1-3-12-7(11)8(10)6(9)5(13-2)4-14-8/h4,6H,3H2,1-2H3. The monoisotopic (exact) mass is 360 g/mol. The van der Waals surface area contributed by atoms with Gasteiger partial charge in [-0.15, -0.1) is 23.5 Å². The third-order valence-corrected chi connectivity index (χ3v) is 7.55. The van der Waals surface area contributed by atoms with Crippen LogP contribution in [0.4, 0.5) is 0 Å². The lowest BCUT2D eigenvalue weighted by molar-refractivity contribution is -0.142. The Labute approximate surface area is 109 Å². The Bertz CT molecular complexity index is 270. The molecule has 0 bridgehead atoms. The molecule has 1 heterocycles. The van der Waals surface area contributed by atoms with E-state index in [0.29, 0.717) is 6.61 Å². The van der Waals surface area contributed by atoms with Gasteiger partial charge in [-0.3, -0.25) is 0 Å². The number of hydrogen-bond acceptors (Lipinski definition) is 4. The van der Waals surface area contributed by atoms with E-state index in [2.05, 4.69) is 31.9 Å². The molecule has 14 heavy (non-hydrogen) atoms. The molecule has 2 unspecified atom stereocenters. The first kappa shape index (κ1) is 12.9. The van der Waals surface area contributed by atoms with Gasteiger partial charge in [-0.1, -0.05) is 31.9 Å². The SMILES string of the molecule is CCOC(=O)C1(Br)SC=C(SC)C1Br. The van der Waals surface area contributed by atoms with Crippen molar-refractivity contribution in [3.05, 3.63) is 10.3 Å². The van der Waals surface area contributed by atoms with Gasteiger partial charge in [0.2, 0.25) is 0 Å². The van der Waals surface area contributed by atoms with Gasteiger partial charge in [0.05, 0.1) is 11.4 Å². The lowest BCUT2D eigenvalue weighted by Crippen LogP contribution is -2.36. The Kier molecular flexibility index (Phi) is 4.87. The molecule has 2 atom stereocenters. The maximum Gasteiger partial charge on any atom is 0.335 e. The minimum atomic E-state index is -0.693. The van der Waals surface area contributed by atoms with Crippen LogP contribution in [0.5, 0.6) is 0 Å². The van der Waals surface area contributed by atoms with Crippen LogP contribution in [-0.2, 0) is 9.53 Å². The zero-order valence-corrected chi connectivity index (χ0v) is 12.6. The molecule has 0 spiro atoms. The van der Waals surface area contributed by atoms with Gasteiger partial charge in [-0.25, -0.2) is 4.79 Å². The lowest BCUT2D eigenvalue weighted by atomic mass is 10.3. The minimum Gasteiger partial charge on any atom is -0.464 e. The minimum absolute atomic E-state index is 0.0194. The summed E-state index contributed by atoms with van der Waals surface area (Å²) in [5.74, 6) is -0.229. The van der Waals surface area contributed by atoms with Crippen LogP contribution in [0.2, 0.25) is 0 Å². The van der Waals surface area contributed by atoms with Crippen LogP contribution in [-0.4, -0.2) is 27.3 Å². The van der Waals surface area contributed by atoms with Crippen LogP contribution in [0.25, 0.3) is 0 Å². The lowest BCUT2D eigenvalue weighted by Gasteiger charge is -2.23. The fourth-order valence-electron chi connectivity index (χ4n) is 0.979. The summed E-state index contributed by atoms with van der Waals surface area (Å²) in [7, 11) is 0. The maximum absolute atomic E-state index is 11.7. The predicted octanol–water partition coefficient (Wildman–Crippen LogP) is 3.36. The van der Waals surface area contributed by atoms with E-state index >= 15 is 0 Å². The van der Waals surface area contributed by atoms with Crippen molar-refractivity contribution in [3.8, 4) is 0 Å². The summed E-state index contributed by atoms with van der Waals surface area (Å²) in [5.41, 5.74) is 0. The van der Waals surface area contributed by atoms with Gasteiger partial charge in [0.15, 0.2) is 3.66 Å². The second kappa shape index (κ2) is 5.27. The Balaban J connectivity index is 2.75. The molecule has 0 amide bonds. The van der Waals surface area contributed by atoms with Gasteiger partial charge < -0.3 is 4.74 Å². The number of alkyl halides is 2. The summed E-state index contributed by atoms with van der Waals surface area (Å²) >= 11 is 10.0. The highest BCUT2D eigenvalue weighted by Gasteiger charge is 2.49. The molecule has 1 aliphatic heterocycles. The topological polar surface area (TPSA) is 26.3 Å². The van der Waals surface area contributed by atoms with Gasteiger partial charge in [0, 0.05) is 4.91 Å². The maximum atomic E-state index is 11.7. The number of carbonyl (C=O) groups is 1. The second-order valence-corrected chi connectivity index (χ2v) is 7.26. The van der Waals surface area contributed by atoms with Gasteiger partial charge in [-0.05, 0) is 18.6 Å². The third-order valence-electron chi connectivity index (χ3n) is 1.71. The smallest absolute Gasteiger partial charge is 0.335 e. The molecule has 2 nitrogen and oxygen atoms in total. The van der Waals surface area contributed by atoms with E-state index in [1.54, 1.807) is 18.7 Å². The summed E-state index contributed by atoms with van der Waals surface area (Å²) < 4.78 is 4.32. The average Bonchev–Trinajstić information content (AvgIpc) is 2.45. The Hall–Kier alpha value is 0.870. The second-order valence-electron chi connectivity index (χ2n) is 2.57. The van der Waals surface area contributed by atoms with Gasteiger partial charge >= 0.3 is 5.97 Å². The number of allylic oxidation sites excluding steroid dienone is 1. The normalized spacial score (nSPS) is 31.4. The summed E-state index contributed by atoms with van der Waals surface area (Å²) in [6, 6.07) is 0. The van der Waals surface area contributed by atoms with Crippen LogP contribution < -0.4 is 0 Å². The molecular formula is C8H10Br2O2S2. The summed E-state index contributed by atoms with van der Waals surface area (Å²) in [6.07, 6.45) is 1.99. The molecule has 0 aromatic heterocycles. The zero-order chi connectivity index (χ0) is 10.8. The predicted molar refractivity (Wildman–Crippen MR) is 70.2 cm³/mol. The molecule has 0 N–H and O–H groups in total. The van der Waals surface area contributed by atoms with Crippen molar-refractivity contribution in [2.45, 2.75) is 15.4 Å². The first-order valence-electron chi connectivity index (χ1n) is 3.98. The van der Waals surface area contributed by atoms with Crippen LogP contribution in [0.3, 0.4) is 0 Å². The highest BCUT2D eigenvalue weighted by molar-refractivity contribution is 9.14. The molecule has 1 aliphatic rings. The molecule has 1 rings (SSSR count). The molecule has 80 valence electrons. The van der Waals surface area contributed by atoms with Crippen molar-refractivity contribution in [3.63, 3.8) is 0 Å². The quantitative estimate of drug-likeness (QED) is 0.568. The van der Waals surface area contributed by atoms with E-state index in [4.69, 9.17) is 4.74 Å². The Morgan fingerprint density at radius 2 is 2.50 bits per heavy atom. The number of esters is 1. The molecule has 0 saturated heterocycles. The van der Waals surface area contributed by atoms with Crippen molar-refractivity contribution >= 4 is 61.4 Å². The van der Waals surface area contributed by atoms with E-state index in [-0.39, 0.29) is 10.8 Å². The Morgan fingerprint density at radius 3 is 2.93 bits per heavy atom. The van der Waals surface area contributed by atoms with Crippen LogP contribution in [0, 0.1) is 0 Å². The summed E-state index contributed by atoms with van der Waals surface area (Å²) in [5, 5.41) is 1.98. The molecule has 0 aromatic rings. The van der Waals surface area contributed by atoms with E-state index in [9.17, 15) is 4.79 Å². The number of halogens is 2. The largest absolute Gasteiger partial charge is 0.464 e. The third kappa shape index (κ3) is 2.33. The number of thioether (sulfide) groups is 2. The van der Waals surface area contributed by atoms with Gasteiger partial charge in [0.25, 0.3) is 0 Å². The van der Waals surface area contributed by atoms with Gasteiger partial charge in [0.1, 0.15) is 0 Å². The number of rotatable bonds is 3. The number of carbonyl (C=O) groups excluding carboxylic acids is 1. The van der Waals surface area contributed by atoms with Crippen molar-refractivity contribution < 1.29 is 9.53 Å². The molecule has 0 radical (unpaired) electrons. The fraction of sp³-hybridized carbons (Fsp3) is 0.625. The van der Waals surface area contributed by atoms with Crippen molar-refractivity contribution in [2.24, 2.45) is 0 Å². The molecule has 6 heteroatoms. The van der Waals surface area contributed by atoms with Gasteiger partial charge in [-0.2, -0.15) is 0 Å². The van der Waals surface area contributed by atoms with E-state index in [1.807, 2.05) is 11.7 Å². The first-order valence-corrected chi connectivity index (χ1v) is 7.79. The van der Waals surface area contributed by atoms with Crippen LogP contribution in [0.15, 0.2) is 10.3 Å². The Morgan fingerprint density at radius 1 is 1.86 bits per heavy atom. The van der Waals surface area contributed by atoms with E-state index in [0.717, 1.165) is 4.91 Å².